The molecule has 0 spiro atoms. The van der Waals surface area contributed by atoms with Crippen molar-refractivity contribution in [3.8, 4) is 17.3 Å². The van der Waals surface area contributed by atoms with E-state index in [-0.39, 0.29) is 5.75 Å². The van der Waals surface area contributed by atoms with E-state index in [1.54, 1.807) is 24.4 Å². The smallest absolute Gasteiger partial charge is 0.161 e. The number of nitrogens with two attached hydrogens (primary N) is 1. The quantitative estimate of drug-likeness (QED) is 0.581. The lowest BCUT2D eigenvalue weighted by Crippen LogP contribution is -1.96. The van der Waals surface area contributed by atoms with Gasteiger partial charge in [0.2, 0.25) is 0 Å². The van der Waals surface area contributed by atoms with Crippen molar-refractivity contribution >= 4 is 16.9 Å². The molecule has 0 saturated heterocycles. The van der Waals surface area contributed by atoms with Crippen molar-refractivity contribution in [1.82, 2.24) is 19.9 Å². The molecule has 3 rings (SSSR count). The van der Waals surface area contributed by atoms with Crippen LogP contribution >= 0.6 is 0 Å². The molecular formula is C11H9N5O. The summed E-state index contributed by atoms with van der Waals surface area (Å²) in [5.74, 6) is 1.03. The first kappa shape index (κ1) is 9.59. The van der Waals surface area contributed by atoms with Crippen molar-refractivity contribution in [3.05, 3.63) is 30.6 Å². The molecule has 0 bridgehead atoms. The summed E-state index contributed by atoms with van der Waals surface area (Å²) in [5.41, 5.74) is 7.69. The number of rotatable bonds is 1. The summed E-state index contributed by atoms with van der Waals surface area (Å²) in [6.45, 7) is 0. The molecule has 17 heavy (non-hydrogen) atoms. The standard InChI is InChI=1S/C11H9N5O/c12-10-9(13-3-4-14-10)11-15-7-2-1-6(17)5-8(7)16-11/h1-5,17H,(H2,12,14)(H,15,16). The highest BCUT2D eigenvalue weighted by atomic mass is 16.3. The Hall–Kier alpha value is -2.63. The number of aromatic hydroxyl groups is 1. The number of aromatic amines is 1. The van der Waals surface area contributed by atoms with E-state index in [1.165, 1.54) is 6.20 Å². The summed E-state index contributed by atoms with van der Waals surface area (Å²) >= 11 is 0. The number of phenols is 1. The number of aromatic nitrogens is 4. The molecule has 1 aromatic carbocycles. The van der Waals surface area contributed by atoms with Crippen molar-refractivity contribution in [2.24, 2.45) is 0 Å². The second-order valence-corrected chi connectivity index (χ2v) is 3.58. The zero-order valence-corrected chi connectivity index (χ0v) is 8.75. The Bertz CT molecular complexity index is 691. The lowest BCUT2D eigenvalue weighted by Gasteiger charge is -1.97. The number of phenolic OH excluding ortho intramolecular Hbond substituents is 1. The fraction of sp³-hybridized carbons (Fsp3) is 0. The number of hydrogen-bond donors (Lipinski definition) is 3. The van der Waals surface area contributed by atoms with Gasteiger partial charge in [-0.2, -0.15) is 0 Å². The van der Waals surface area contributed by atoms with Crippen LogP contribution in [0.1, 0.15) is 0 Å². The molecule has 6 nitrogen and oxygen atoms in total. The molecule has 3 aromatic rings. The highest BCUT2D eigenvalue weighted by molar-refractivity contribution is 5.81. The molecule has 0 aliphatic rings. The number of hydrogen-bond acceptors (Lipinski definition) is 5. The zero-order chi connectivity index (χ0) is 11.8. The third kappa shape index (κ3) is 1.55. The molecule has 2 aromatic heterocycles. The van der Waals surface area contributed by atoms with Crippen molar-refractivity contribution in [2.45, 2.75) is 0 Å². The molecule has 6 heteroatoms. The number of anilines is 1. The average molecular weight is 227 g/mol. The lowest BCUT2D eigenvalue weighted by atomic mass is 10.3. The van der Waals surface area contributed by atoms with Crippen LogP contribution in [0.25, 0.3) is 22.6 Å². The Morgan fingerprint density at radius 1 is 1.18 bits per heavy atom. The van der Waals surface area contributed by atoms with Crippen LogP contribution < -0.4 is 5.73 Å². The highest BCUT2D eigenvalue weighted by Crippen LogP contribution is 2.23. The van der Waals surface area contributed by atoms with Crippen LogP contribution in [0.5, 0.6) is 5.75 Å². The normalized spacial score (nSPS) is 10.8. The minimum atomic E-state index is 0.180. The van der Waals surface area contributed by atoms with E-state index in [4.69, 9.17) is 5.73 Å². The van der Waals surface area contributed by atoms with E-state index in [9.17, 15) is 5.11 Å². The molecule has 0 saturated carbocycles. The van der Waals surface area contributed by atoms with Gasteiger partial charge < -0.3 is 15.8 Å². The fourth-order valence-corrected chi connectivity index (χ4v) is 1.64. The third-order valence-corrected chi connectivity index (χ3v) is 2.42. The van der Waals surface area contributed by atoms with Gasteiger partial charge in [-0.05, 0) is 12.1 Å². The summed E-state index contributed by atoms with van der Waals surface area (Å²) in [4.78, 5) is 15.4. The Morgan fingerprint density at radius 2 is 2.00 bits per heavy atom. The first-order valence-corrected chi connectivity index (χ1v) is 4.99. The molecule has 0 unspecified atom stereocenters. The predicted molar refractivity (Wildman–Crippen MR) is 63.2 cm³/mol. The summed E-state index contributed by atoms with van der Waals surface area (Å²) in [6, 6.07) is 4.89. The van der Waals surface area contributed by atoms with Gasteiger partial charge in [-0.1, -0.05) is 0 Å². The lowest BCUT2D eigenvalue weighted by molar-refractivity contribution is 0.476. The van der Waals surface area contributed by atoms with E-state index >= 15 is 0 Å². The zero-order valence-electron chi connectivity index (χ0n) is 8.75. The largest absolute Gasteiger partial charge is 0.508 e. The third-order valence-electron chi connectivity index (χ3n) is 2.42. The second kappa shape index (κ2) is 3.44. The predicted octanol–water partition coefficient (Wildman–Crippen LogP) is 1.31. The van der Waals surface area contributed by atoms with Gasteiger partial charge in [0.25, 0.3) is 0 Å². The topological polar surface area (TPSA) is 101 Å². The minimum Gasteiger partial charge on any atom is -0.508 e. The van der Waals surface area contributed by atoms with Crippen molar-refractivity contribution in [2.75, 3.05) is 5.73 Å². The van der Waals surface area contributed by atoms with Gasteiger partial charge in [-0.15, -0.1) is 0 Å². The van der Waals surface area contributed by atoms with Crippen LogP contribution in [0, 0.1) is 0 Å². The van der Waals surface area contributed by atoms with Gasteiger partial charge in [0.1, 0.15) is 11.4 Å². The number of nitrogens with zero attached hydrogens (tertiary/aromatic N) is 3. The second-order valence-electron chi connectivity index (χ2n) is 3.58. The molecule has 0 fully saturated rings. The first-order chi connectivity index (χ1) is 8.24. The summed E-state index contributed by atoms with van der Waals surface area (Å²) in [6.07, 6.45) is 3.07. The van der Waals surface area contributed by atoms with Gasteiger partial charge in [0.15, 0.2) is 11.6 Å². The summed E-state index contributed by atoms with van der Waals surface area (Å²) in [7, 11) is 0. The number of nitrogens with one attached hydrogen (secondary N) is 1. The van der Waals surface area contributed by atoms with E-state index in [0.29, 0.717) is 17.3 Å². The molecule has 0 aliphatic heterocycles. The van der Waals surface area contributed by atoms with Crippen LogP contribution in [0.15, 0.2) is 30.6 Å². The Labute approximate surface area is 96.2 Å². The molecule has 4 N–H and O–H groups in total. The molecule has 0 radical (unpaired) electrons. The number of H-pyrrole nitrogens is 1. The summed E-state index contributed by atoms with van der Waals surface area (Å²) < 4.78 is 0. The van der Waals surface area contributed by atoms with E-state index < -0.39 is 0 Å². The van der Waals surface area contributed by atoms with E-state index in [0.717, 1.165) is 11.0 Å². The number of fused-ring (bicyclic) bond motifs is 1. The Morgan fingerprint density at radius 3 is 2.82 bits per heavy atom. The van der Waals surface area contributed by atoms with E-state index in [1.807, 2.05) is 0 Å². The number of nitrogen functional groups attached to an aromatic ring is 1. The van der Waals surface area contributed by atoms with Crippen LogP contribution in [0.4, 0.5) is 5.82 Å². The summed E-state index contributed by atoms with van der Waals surface area (Å²) in [5, 5.41) is 9.36. The van der Waals surface area contributed by atoms with Crippen LogP contribution in [-0.4, -0.2) is 25.0 Å². The molecule has 0 atom stereocenters. The van der Waals surface area contributed by atoms with Crippen LogP contribution in [0.2, 0.25) is 0 Å². The van der Waals surface area contributed by atoms with Gasteiger partial charge in [-0.25, -0.2) is 15.0 Å². The molecule has 84 valence electrons. The van der Waals surface area contributed by atoms with Crippen molar-refractivity contribution < 1.29 is 5.11 Å². The van der Waals surface area contributed by atoms with E-state index in [2.05, 4.69) is 19.9 Å². The minimum absolute atomic E-state index is 0.180. The van der Waals surface area contributed by atoms with Gasteiger partial charge in [0, 0.05) is 18.5 Å². The van der Waals surface area contributed by atoms with Crippen LogP contribution in [0.3, 0.4) is 0 Å². The maximum atomic E-state index is 9.36. The van der Waals surface area contributed by atoms with Gasteiger partial charge in [0.05, 0.1) is 11.0 Å². The Balaban J connectivity index is 2.22. The van der Waals surface area contributed by atoms with Crippen LogP contribution in [-0.2, 0) is 0 Å². The van der Waals surface area contributed by atoms with Gasteiger partial charge in [-0.3, -0.25) is 0 Å². The number of imidazole rings is 1. The number of benzene rings is 1. The molecule has 2 heterocycles. The Kier molecular flexibility index (Phi) is 1.94. The molecule has 0 aliphatic carbocycles. The molecule has 0 amide bonds. The first-order valence-electron chi connectivity index (χ1n) is 4.99. The maximum Gasteiger partial charge on any atom is 0.161 e. The maximum absolute atomic E-state index is 9.36. The van der Waals surface area contributed by atoms with Crippen molar-refractivity contribution in [3.63, 3.8) is 0 Å². The van der Waals surface area contributed by atoms with Gasteiger partial charge >= 0.3 is 0 Å². The van der Waals surface area contributed by atoms with Crippen molar-refractivity contribution in [1.29, 1.82) is 0 Å². The highest BCUT2D eigenvalue weighted by Gasteiger charge is 2.10. The SMILES string of the molecule is Nc1nccnc1-c1nc2ccc(O)cc2[nH]1. The molecular weight excluding hydrogens is 218 g/mol. The fourth-order valence-electron chi connectivity index (χ4n) is 1.64. The average Bonchev–Trinajstić information content (AvgIpc) is 2.72. The monoisotopic (exact) mass is 227 g/mol.